The highest BCUT2D eigenvalue weighted by atomic mass is 32.1. The minimum Gasteiger partial charge on any atom is -0.481 e. The first kappa shape index (κ1) is 42.1. The van der Waals surface area contributed by atoms with Gasteiger partial charge in [0.25, 0.3) is 11.8 Å². The highest BCUT2D eigenvalue weighted by Gasteiger charge is 2.36. The summed E-state index contributed by atoms with van der Waals surface area (Å²) in [6, 6.07) is 31.5. The van der Waals surface area contributed by atoms with Gasteiger partial charge in [0.1, 0.15) is 12.1 Å². The van der Waals surface area contributed by atoms with Gasteiger partial charge in [-0.15, -0.1) is 11.3 Å². The standard InChI is InChI=1S/C45H44N4O9S/c50-38-25-32(45(57)58)22-28-15-19-33(20-16-28)46-43(55)39(51)40(52)44(56)49-37(26-34-12-7-21-59-34)42(54)48-36(41(53)47-35(38)23-27-8-3-1-4-9-27)24-29-13-17-31(18-14-29)30-10-5-2-6-11-30/h1-21,32,35-37,39-40,51-52H,22-26H2,(H,46,55)(H,47,53)(H,48,54)(H,49,56)(H,57,58)/t32-,35-,36+,37+,39-,40-/m1/s1. The van der Waals surface area contributed by atoms with E-state index in [9.17, 15) is 44.1 Å². The van der Waals surface area contributed by atoms with Crippen molar-refractivity contribution < 1.29 is 44.1 Å². The molecule has 0 radical (unpaired) electrons. The van der Waals surface area contributed by atoms with Crippen molar-refractivity contribution in [2.45, 2.75) is 62.4 Å². The molecule has 0 aliphatic carbocycles. The first-order valence-corrected chi connectivity index (χ1v) is 19.9. The molecule has 4 amide bonds. The van der Waals surface area contributed by atoms with E-state index in [1.807, 2.05) is 54.6 Å². The number of carbonyl (C=O) groups excluding carboxylic acids is 5. The molecule has 7 N–H and O–H groups in total. The normalized spacial score (nSPS) is 22.3. The van der Waals surface area contributed by atoms with E-state index in [1.165, 1.54) is 23.5 Å². The monoisotopic (exact) mass is 816 g/mol. The second-order valence-electron chi connectivity index (χ2n) is 14.4. The summed E-state index contributed by atoms with van der Waals surface area (Å²) in [6.07, 6.45) is -5.10. The van der Waals surface area contributed by atoms with E-state index in [4.69, 9.17) is 0 Å². The Balaban J connectivity index is 1.37. The summed E-state index contributed by atoms with van der Waals surface area (Å²) < 4.78 is 0. The number of carboxylic acids is 1. The number of hydrogen-bond acceptors (Lipinski definition) is 9. The van der Waals surface area contributed by atoms with E-state index in [-0.39, 0.29) is 31.4 Å². The summed E-state index contributed by atoms with van der Waals surface area (Å²) in [7, 11) is 0. The van der Waals surface area contributed by atoms with Crippen LogP contribution >= 0.6 is 11.3 Å². The Morgan fingerprint density at radius 1 is 0.559 bits per heavy atom. The number of Topliss-reactive ketones (excluding diaryl/α,β-unsaturated/α-hetero) is 1. The molecule has 0 spiro atoms. The number of aliphatic carboxylic acids is 1. The van der Waals surface area contributed by atoms with Gasteiger partial charge in [0.05, 0.1) is 12.0 Å². The zero-order chi connectivity index (χ0) is 41.9. The second-order valence-corrected chi connectivity index (χ2v) is 15.4. The Morgan fingerprint density at radius 3 is 1.73 bits per heavy atom. The molecule has 0 fully saturated rings. The number of fused-ring (bicyclic) bond motifs is 18. The van der Waals surface area contributed by atoms with Gasteiger partial charge in [-0.2, -0.15) is 0 Å². The quantitative estimate of drug-likeness (QED) is 0.114. The fraction of sp³-hybridized carbons (Fsp3) is 0.244. The van der Waals surface area contributed by atoms with Crippen molar-refractivity contribution in [2.24, 2.45) is 5.92 Å². The number of ketones is 1. The Labute approximate surface area is 344 Å². The van der Waals surface area contributed by atoms with E-state index < -0.39 is 78.1 Å². The number of thiophene rings is 1. The van der Waals surface area contributed by atoms with Crippen molar-refractivity contribution in [3.63, 3.8) is 0 Å². The van der Waals surface area contributed by atoms with Gasteiger partial charge in [-0.3, -0.25) is 28.8 Å². The van der Waals surface area contributed by atoms with Gasteiger partial charge in [-0.05, 0) is 64.2 Å². The Hall–Kier alpha value is -6.48. The molecule has 0 saturated heterocycles. The molecule has 4 aromatic carbocycles. The number of hydrogen-bond donors (Lipinski definition) is 7. The van der Waals surface area contributed by atoms with Crippen LogP contribution in [0.15, 0.2) is 127 Å². The van der Waals surface area contributed by atoms with Gasteiger partial charge >= 0.3 is 5.97 Å². The smallest absolute Gasteiger partial charge is 0.307 e. The molecular weight excluding hydrogens is 773 g/mol. The molecule has 7 rings (SSSR count). The largest absolute Gasteiger partial charge is 0.481 e. The minimum absolute atomic E-state index is 0.0376. The summed E-state index contributed by atoms with van der Waals surface area (Å²) in [4.78, 5) is 82.2. The van der Waals surface area contributed by atoms with Crippen molar-refractivity contribution in [3.05, 3.63) is 148 Å². The van der Waals surface area contributed by atoms with Crippen LogP contribution in [0.1, 0.15) is 28.0 Å². The molecule has 14 heteroatoms. The van der Waals surface area contributed by atoms with Crippen LogP contribution in [-0.4, -0.2) is 81.0 Å². The van der Waals surface area contributed by atoms with Gasteiger partial charge in [0, 0.05) is 29.8 Å². The summed E-state index contributed by atoms with van der Waals surface area (Å²) in [5.74, 6) is -6.82. The molecule has 0 unspecified atom stereocenters. The molecule has 304 valence electrons. The predicted octanol–water partition coefficient (Wildman–Crippen LogP) is 3.47. The Kier molecular flexibility index (Phi) is 14.1. The first-order chi connectivity index (χ1) is 28.4. The third-order valence-electron chi connectivity index (χ3n) is 10.1. The molecule has 2 bridgehead atoms. The topological polar surface area (TPSA) is 211 Å². The molecule has 2 aliphatic heterocycles. The van der Waals surface area contributed by atoms with E-state index in [0.29, 0.717) is 21.6 Å². The van der Waals surface area contributed by atoms with Gasteiger partial charge in [-0.1, -0.05) is 103 Å². The van der Waals surface area contributed by atoms with E-state index in [1.54, 1.807) is 60.0 Å². The number of carbonyl (C=O) groups is 6. The molecule has 13 nitrogen and oxygen atoms in total. The van der Waals surface area contributed by atoms with Crippen LogP contribution in [0.4, 0.5) is 5.69 Å². The van der Waals surface area contributed by atoms with Crippen molar-refractivity contribution in [1.82, 2.24) is 16.0 Å². The fourth-order valence-corrected chi connectivity index (χ4v) is 7.54. The van der Waals surface area contributed by atoms with Gasteiger partial charge in [0.2, 0.25) is 11.8 Å². The van der Waals surface area contributed by atoms with E-state index >= 15 is 0 Å². The molecule has 1 aromatic heterocycles. The van der Waals surface area contributed by atoms with Crippen LogP contribution in [0.25, 0.3) is 11.1 Å². The molecule has 6 atom stereocenters. The number of benzene rings is 4. The number of aliphatic hydroxyl groups is 2. The average Bonchev–Trinajstić information content (AvgIpc) is 3.76. The summed E-state index contributed by atoms with van der Waals surface area (Å²) in [6.45, 7) is 0. The molecular formula is C45H44N4O9S. The summed E-state index contributed by atoms with van der Waals surface area (Å²) in [5, 5.41) is 43.9. The van der Waals surface area contributed by atoms with E-state index in [2.05, 4.69) is 21.3 Å². The lowest BCUT2D eigenvalue weighted by Gasteiger charge is -2.26. The molecule has 0 saturated carbocycles. The predicted molar refractivity (Wildman–Crippen MR) is 221 cm³/mol. The van der Waals surface area contributed by atoms with Crippen LogP contribution < -0.4 is 21.3 Å². The van der Waals surface area contributed by atoms with Crippen molar-refractivity contribution in [1.29, 1.82) is 0 Å². The van der Waals surface area contributed by atoms with Gasteiger partial charge in [0.15, 0.2) is 18.0 Å². The molecule has 5 aromatic rings. The number of rotatable bonds is 8. The maximum atomic E-state index is 14.4. The average molecular weight is 817 g/mol. The number of anilines is 1. The Bertz CT molecular complexity index is 2230. The lowest BCUT2D eigenvalue weighted by Crippen LogP contribution is -2.58. The van der Waals surface area contributed by atoms with Crippen LogP contribution in [0, 0.1) is 5.92 Å². The minimum atomic E-state index is -2.29. The van der Waals surface area contributed by atoms with E-state index in [0.717, 1.165) is 11.1 Å². The van der Waals surface area contributed by atoms with Crippen molar-refractivity contribution in [2.75, 3.05) is 5.32 Å². The number of nitrogens with one attached hydrogen (secondary N) is 4. The third-order valence-corrected chi connectivity index (χ3v) is 11.0. The van der Waals surface area contributed by atoms with Crippen molar-refractivity contribution >= 4 is 52.4 Å². The number of aliphatic hydroxyl groups excluding tert-OH is 2. The lowest BCUT2D eigenvalue weighted by atomic mass is 9.90. The van der Waals surface area contributed by atoms with Crippen LogP contribution in [0.2, 0.25) is 0 Å². The van der Waals surface area contributed by atoms with Crippen LogP contribution in [0.3, 0.4) is 0 Å². The highest BCUT2D eigenvalue weighted by Crippen LogP contribution is 2.22. The van der Waals surface area contributed by atoms with Crippen LogP contribution in [0.5, 0.6) is 0 Å². The highest BCUT2D eigenvalue weighted by molar-refractivity contribution is 7.09. The second kappa shape index (κ2) is 19.8. The van der Waals surface area contributed by atoms with Crippen molar-refractivity contribution in [3.8, 4) is 11.1 Å². The molecule has 59 heavy (non-hydrogen) atoms. The maximum absolute atomic E-state index is 14.4. The van der Waals surface area contributed by atoms with Gasteiger partial charge < -0.3 is 36.6 Å². The zero-order valence-corrected chi connectivity index (χ0v) is 32.6. The van der Waals surface area contributed by atoms with Gasteiger partial charge in [-0.25, -0.2) is 0 Å². The SMILES string of the molecule is O=C(O)[C@H]1CC(=O)[C@@H](Cc2ccccc2)NC(=O)[C@H](Cc2ccc(-c3ccccc3)cc2)NC(=O)[C@H](Cc2cccs2)NC(=O)[C@H](O)[C@@H](O)C(=O)Nc2ccc(cc2)C1. The Morgan fingerprint density at radius 2 is 1.10 bits per heavy atom. The fourth-order valence-electron chi connectivity index (χ4n) is 6.79. The summed E-state index contributed by atoms with van der Waals surface area (Å²) >= 11 is 1.30. The zero-order valence-electron chi connectivity index (χ0n) is 31.8. The first-order valence-electron chi connectivity index (χ1n) is 19.1. The maximum Gasteiger partial charge on any atom is 0.307 e. The molecule has 3 heterocycles. The number of carboxylic acid groups (broad SMARTS) is 1. The molecule has 2 aliphatic rings. The number of amides is 4. The third kappa shape index (κ3) is 11.6. The summed E-state index contributed by atoms with van der Waals surface area (Å²) in [5.41, 5.74) is 3.95. The lowest BCUT2D eigenvalue weighted by molar-refractivity contribution is -0.145. The van der Waals surface area contributed by atoms with Crippen LogP contribution in [-0.2, 0) is 54.5 Å².